The maximum Gasteiger partial charge on any atom is 0.272 e. The molecule has 0 spiro atoms. The molecule has 1 aromatic heterocycles. The van der Waals surface area contributed by atoms with Crippen LogP contribution in [0.3, 0.4) is 0 Å². The number of rotatable bonds is 4. The zero-order valence-electron chi connectivity index (χ0n) is 10.1. The third-order valence-corrected chi connectivity index (χ3v) is 3.63. The van der Waals surface area contributed by atoms with Gasteiger partial charge >= 0.3 is 0 Å². The lowest BCUT2D eigenvalue weighted by molar-refractivity contribution is -0.385. The van der Waals surface area contributed by atoms with Crippen molar-refractivity contribution in [2.75, 3.05) is 5.32 Å². The number of hydrogen-bond acceptors (Lipinski definition) is 5. The van der Waals surface area contributed by atoms with Crippen molar-refractivity contribution in [1.82, 2.24) is 4.98 Å². The van der Waals surface area contributed by atoms with Crippen molar-refractivity contribution in [1.29, 1.82) is 0 Å². The fourth-order valence-electron chi connectivity index (χ4n) is 1.65. The van der Waals surface area contributed by atoms with Gasteiger partial charge in [-0.05, 0) is 26.0 Å². The predicted octanol–water partition coefficient (Wildman–Crippen LogP) is 3.28. The molecule has 0 atom stereocenters. The lowest BCUT2D eigenvalue weighted by atomic mass is 10.2. The van der Waals surface area contributed by atoms with E-state index in [0.29, 0.717) is 12.1 Å². The van der Waals surface area contributed by atoms with Gasteiger partial charge in [-0.15, -0.1) is 11.3 Å². The molecule has 0 aliphatic heterocycles. The van der Waals surface area contributed by atoms with E-state index in [0.717, 1.165) is 11.4 Å². The van der Waals surface area contributed by atoms with Gasteiger partial charge in [0, 0.05) is 22.2 Å². The first-order valence-electron chi connectivity index (χ1n) is 5.46. The molecule has 0 saturated heterocycles. The summed E-state index contributed by atoms with van der Waals surface area (Å²) in [5, 5.41) is 13.9. The minimum Gasteiger partial charge on any atom is -0.380 e. The monoisotopic (exact) mass is 263 g/mol. The van der Waals surface area contributed by atoms with Crippen LogP contribution in [0, 0.1) is 24.0 Å². The summed E-state index contributed by atoms with van der Waals surface area (Å²) in [5.74, 6) is 0. The number of thiazole rings is 1. The van der Waals surface area contributed by atoms with Crippen LogP contribution in [0.5, 0.6) is 0 Å². The summed E-state index contributed by atoms with van der Waals surface area (Å²) in [7, 11) is 0. The number of nitro groups is 1. The van der Waals surface area contributed by atoms with Crippen LogP contribution in [0.2, 0.25) is 0 Å². The van der Waals surface area contributed by atoms with Crippen molar-refractivity contribution in [3.63, 3.8) is 0 Å². The van der Waals surface area contributed by atoms with E-state index >= 15 is 0 Å². The summed E-state index contributed by atoms with van der Waals surface area (Å²) in [6.45, 7) is 4.39. The van der Waals surface area contributed by atoms with Gasteiger partial charge in [-0.25, -0.2) is 4.98 Å². The Bertz CT molecular complexity index is 580. The van der Waals surface area contributed by atoms with Crippen LogP contribution in [0.1, 0.15) is 16.1 Å². The van der Waals surface area contributed by atoms with E-state index in [1.807, 2.05) is 12.4 Å². The van der Waals surface area contributed by atoms with Crippen LogP contribution >= 0.6 is 11.3 Å². The molecule has 0 bridgehead atoms. The van der Waals surface area contributed by atoms with E-state index in [-0.39, 0.29) is 10.6 Å². The van der Waals surface area contributed by atoms with Crippen molar-refractivity contribution in [3.05, 3.63) is 50.0 Å². The summed E-state index contributed by atoms with van der Waals surface area (Å²) in [4.78, 5) is 15.7. The topological polar surface area (TPSA) is 68.1 Å². The van der Waals surface area contributed by atoms with E-state index in [2.05, 4.69) is 10.3 Å². The Morgan fingerprint density at radius 1 is 1.44 bits per heavy atom. The fourth-order valence-corrected chi connectivity index (χ4v) is 2.37. The molecule has 6 heteroatoms. The normalized spacial score (nSPS) is 10.3. The Hall–Kier alpha value is -1.95. The lowest BCUT2D eigenvalue weighted by Gasteiger charge is -2.06. The Morgan fingerprint density at radius 3 is 2.78 bits per heavy atom. The van der Waals surface area contributed by atoms with Gasteiger partial charge in [-0.3, -0.25) is 10.1 Å². The number of benzene rings is 1. The van der Waals surface area contributed by atoms with Crippen molar-refractivity contribution < 1.29 is 4.92 Å². The number of aryl methyl sites for hydroxylation is 2. The third kappa shape index (κ3) is 2.65. The molecule has 0 fully saturated rings. The average Bonchev–Trinajstić information content (AvgIpc) is 2.72. The summed E-state index contributed by atoms with van der Waals surface area (Å²) < 4.78 is 0. The number of hydrogen-bond donors (Lipinski definition) is 1. The molecule has 0 saturated carbocycles. The van der Waals surface area contributed by atoms with Crippen LogP contribution in [0.4, 0.5) is 11.4 Å². The highest BCUT2D eigenvalue weighted by Crippen LogP contribution is 2.22. The average molecular weight is 263 g/mol. The molecule has 0 amide bonds. The third-order valence-electron chi connectivity index (χ3n) is 2.69. The second kappa shape index (κ2) is 5.14. The molecular formula is C12H13N3O2S. The molecule has 0 radical (unpaired) electrons. The van der Waals surface area contributed by atoms with E-state index in [4.69, 9.17) is 0 Å². The van der Waals surface area contributed by atoms with Crippen LogP contribution in [0.25, 0.3) is 0 Å². The first kappa shape index (κ1) is 12.5. The molecule has 94 valence electrons. The number of nitro benzene ring substituents is 1. The molecule has 1 heterocycles. The molecular weight excluding hydrogens is 250 g/mol. The maximum atomic E-state index is 10.7. The van der Waals surface area contributed by atoms with Gasteiger partial charge in [0.15, 0.2) is 0 Å². The Balaban J connectivity index is 2.09. The smallest absolute Gasteiger partial charge is 0.272 e. The molecule has 1 aromatic carbocycles. The highest BCUT2D eigenvalue weighted by molar-refractivity contribution is 7.09. The Labute approximate surface area is 109 Å². The summed E-state index contributed by atoms with van der Waals surface area (Å²) in [5.41, 5.74) is 4.52. The van der Waals surface area contributed by atoms with Gasteiger partial charge in [0.2, 0.25) is 0 Å². The van der Waals surface area contributed by atoms with Crippen LogP contribution < -0.4 is 5.32 Å². The van der Waals surface area contributed by atoms with Gasteiger partial charge in [-0.1, -0.05) is 0 Å². The van der Waals surface area contributed by atoms with Gasteiger partial charge in [-0.2, -0.15) is 0 Å². The molecule has 2 aromatic rings. The van der Waals surface area contributed by atoms with Crippen molar-refractivity contribution >= 4 is 22.7 Å². The van der Waals surface area contributed by atoms with Gasteiger partial charge in [0.25, 0.3) is 5.69 Å². The maximum absolute atomic E-state index is 10.7. The minimum absolute atomic E-state index is 0.148. The quantitative estimate of drug-likeness (QED) is 0.679. The SMILES string of the molecule is Cc1cc(NCc2scnc2C)ccc1[N+](=O)[O-]. The molecule has 1 N–H and O–H groups in total. The molecule has 5 nitrogen and oxygen atoms in total. The lowest BCUT2D eigenvalue weighted by Crippen LogP contribution is -2.00. The van der Waals surface area contributed by atoms with Gasteiger partial charge < -0.3 is 5.32 Å². The Morgan fingerprint density at radius 2 is 2.22 bits per heavy atom. The Kier molecular flexibility index (Phi) is 3.57. The second-order valence-corrected chi connectivity index (χ2v) is 4.91. The van der Waals surface area contributed by atoms with Gasteiger partial charge in [0.05, 0.1) is 22.7 Å². The zero-order valence-corrected chi connectivity index (χ0v) is 11.0. The standard InChI is InChI=1S/C12H13N3O2S/c1-8-5-10(3-4-11(8)15(16)17)13-6-12-9(2)14-7-18-12/h3-5,7,13H,6H2,1-2H3. The second-order valence-electron chi connectivity index (χ2n) is 3.97. The van der Waals surface area contributed by atoms with Gasteiger partial charge in [0.1, 0.15) is 0 Å². The number of aromatic nitrogens is 1. The number of anilines is 1. The minimum atomic E-state index is -0.369. The highest BCUT2D eigenvalue weighted by atomic mass is 32.1. The van der Waals surface area contributed by atoms with Crippen LogP contribution in [0.15, 0.2) is 23.7 Å². The van der Waals surface area contributed by atoms with Crippen molar-refractivity contribution in [3.8, 4) is 0 Å². The molecule has 0 aliphatic rings. The first-order valence-corrected chi connectivity index (χ1v) is 6.34. The first-order chi connectivity index (χ1) is 8.58. The molecule has 2 rings (SSSR count). The fraction of sp³-hybridized carbons (Fsp3) is 0.250. The molecule has 0 aliphatic carbocycles. The van der Waals surface area contributed by atoms with Crippen LogP contribution in [-0.4, -0.2) is 9.91 Å². The van der Waals surface area contributed by atoms with Crippen molar-refractivity contribution in [2.45, 2.75) is 20.4 Å². The summed E-state index contributed by atoms with van der Waals surface area (Å²) in [6, 6.07) is 5.03. The van der Waals surface area contributed by atoms with E-state index in [1.54, 1.807) is 30.4 Å². The van der Waals surface area contributed by atoms with E-state index in [9.17, 15) is 10.1 Å². The van der Waals surface area contributed by atoms with Crippen molar-refractivity contribution in [2.24, 2.45) is 0 Å². The highest BCUT2D eigenvalue weighted by Gasteiger charge is 2.10. The van der Waals surface area contributed by atoms with E-state index < -0.39 is 0 Å². The zero-order chi connectivity index (χ0) is 13.1. The van der Waals surface area contributed by atoms with E-state index in [1.165, 1.54) is 10.9 Å². The summed E-state index contributed by atoms with van der Waals surface area (Å²) in [6.07, 6.45) is 0. The summed E-state index contributed by atoms with van der Waals surface area (Å²) >= 11 is 1.60. The number of nitrogens with zero attached hydrogens (tertiary/aromatic N) is 2. The number of nitrogens with one attached hydrogen (secondary N) is 1. The van der Waals surface area contributed by atoms with Crippen LogP contribution in [-0.2, 0) is 6.54 Å². The predicted molar refractivity (Wildman–Crippen MR) is 72.0 cm³/mol. The largest absolute Gasteiger partial charge is 0.380 e. The molecule has 0 unspecified atom stereocenters. The molecule has 18 heavy (non-hydrogen) atoms.